The van der Waals surface area contributed by atoms with Gasteiger partial charge in [-0.05, 0) is 64.3 Å². The van der Waals surface area contributed by atoms with Gasteiger partial charge in [0.1, 0.15) is 0 Å². The number of nitrogens with zero attached hydrogens (tertiary/aromatic N) is 3. The highest BCUT2D eigenvalue weighted by Crippen LogP contribution is 2.33. The number of anilines is 1. The summed E-state index contributed by atoms with van der Waals surface area (Å²) in [6.45, 7) is 8.55. The van der Waals surface area contributed by atoms with E-state index in [-0.39, 0.29) is 24.6 Å². The Morgan fingerprint density at radius 2 is 1.86 bits per heavy atom. The fourth-order valence-corrected chi connectivity index (χ4v) is 5.21. The van der Waals surface area contributed by atoms with Crippen LogP contribution in [0.2, 0.25) is 0 Å². The lowest BCUT2D eigenvalue weighted by Gasteiger charge is -2.41. The highest BCUT2D eigenvalue weighted by atomic mass is 19.3. The highest BCUT2D eigenvalue weighted by Gasteiger charge is 2.29. The van der Waals surface area contributed by atoms with Crippen LogP contribution in [-0.4, -0.2) is 94.4 Å². The molecule has 8 heteroatoms. The average molecular weight is 492 g/mol. The molecule has 2 aliphatic rings. The van der Waals surface area contributed by atoms with Crippen molar-refractivity contribution >= 4 is 11.7 Å². The molecule has 0 atom stereocenters. The molecular weight excluding hydrogens is 452 g/mol. The molecule has 194 valence electrons. The van der Waals surface area contributed by atoms with E-state index in [1.165, 1.54) is 7.11 Å². The first kappa shape index (κ1) is 27.4. The van der Waals surface area contributed by atoms with Gasteiger partial charge in [0, 0.05) is 43.0 Å². The van der Waals surface area contributed by atoms with Crippen molar-refractivity contribution < 1.29 is 23.0 Å². The zero-order chi connectivity index (χ0) is 25.4. The Labute approximate surface area is 208 Å². The van der Waals surface area contributed by atoms with Gasteiger partial charge in [-0.15, -0.1) is 0 Å². The summed E-state index contributed by atoms with van der Waals surface area (Å²) in [4.78, 5) is 19.0. The minimum absolute atomic E-state index is 0.181. The van der Waals surface area contributed by atoms with E-state index < -0.39 is 6.43 Å². The fourth-order valence-electron chi connectivity index (χ4n) is 5.21. The monoisotopic (exact) mass is 491 g/mol. The molecule has 0 unspecified atom stereocenters. The SMILES string of the molecule is CCN(c1cc(C#CCN2CCOCC2)cc(C(=O)OC)c1C)C1CCC(N(C)CC(F)F)CC1. The topological polar surface area (TPSA) is 45.3 Å². The van der Waals surface area contributed by atoms with Crippen LogP contribution in [-0.2, 0) is 9.47 Å². The van der Waals surface area contributed by atoms with Crippen LogP contribution < -0.4 is 4.90 Å². The van der Waals surface area contributed by atoms with Gasteiger partial charge in [-0.3, -0.25) is 9.80 Å². The third kappa shape index (κ3) is 7.39. The molecule has 1 aliphatic carbocycles. The molecule has 2 fully saturated rings. The number of alkyl halides is 2. The number of rotatable bonds is 8. The lowest BCUT2D eigenvalue weighted by Crippen LogP contribution is -2.44. The van der Waals surface area contributed by atoms with Crippen molar-refractivity contribution in [3.8, 4) is 11.8 Å². The average Bonchev–Trinajstić information content (AvgIpc) is 2.86. The first-order valence-electron chi connectivity index (χ1n) is 12.6. The molecule has 0 bridgehead atoms. The Morgan fingerprint density at radius 3 is 2.46 bits per heavy atom. The molecular formula is C27H39F2N3O3. The van der Waals surface area contributed by atoms with Crippen LogP contribution in [0.4, 0.5) is 14.5 Å². The highest BCUT2D eigenvalue weighted by molar-refractivity contribution is 5.93. The molecule has 0 aromatic heterocycles. The molecule has 3 rings (SSSR count). The van der Waals surface area contributed by atoms with Gasteiger partial charge in [-0.2, -0.15) is 0 Å². The Bertz CT molecular complexity index is 901. The van der Waals surface area contributed by atoms with Crippen LogP contribution in [0.25, 0.3) is 0 Å². The number of ether oxygens (including phenoxy) is 2. The number of methoxy groups -OCH3 is 1. The van der Waals surface area contributed by atoms with Crippen LogP contribution in [0.5, 0.6) is 0 Å². The molecule has 1 aromatic carbocycles. The van der Waals surface area contributed by atoms with Crippen molar-refractivity contribution in [2.45, 2.75) is 58.0 Å². The number of esters is 1. The quantitative estimate of drug-likeness (QED) is 0.407. The third-order valence-electron chi connectivity index (χ3n) is 7.23. The van der Waals surface area contributed by atoms with E-state index in [4.69, 9.17) is 9.47 Å². The molecule has 0 spiro atoms. The summed E-state index contributed by atoms with van der Waals surface area (Å²) in [5.74, 6) is 6.15. The largest absolute Gasteiger partial charge is 0.465 e. The molecule has 0 amide bonds. The minimum atomic E-state index is -2.31. The van der Waals surface area contributed by atoms with E-state index in [2.05, 4.69) is 34.6 Å². The Balaban J connectivity index is 1.80. The number of carbonyl (C=O) groups excluding carboxylic acids is 1. The van der Waals surface area contributed by atoms with Gasteiger partial charge in [0.05, 0.1) is 39.0 Å². The fraction of sp³-hybridized carbons (Fsp3) is 0.667. The molecule has 6 nitrogen and oxygen atoms in total. The molecule has 1 saturated carbocycles. The van der Waals surface area contributed by atoms with Crippen molar-refractivity contribution in [2.75, 3.05) is 65.0 Å². The van der Waals surface area contributed by atoms with Gasteiger partial charge in [0.25, 0.3) is 6.43 Å². The first-order chi connectivity index (χ1) is 16.8. The van der Waals surface area contributed by atoms with Crippen LogP contribution in [0.3, 0.4) is 0 Å². The zero-order valence-electron chi connectivity index (χ0n) is 21.5. The summed E-state index contributed by atoms with van der Waals surface area (Å²) in [6.07, 6.45) is 1.30. The van der Waals surface area contributed by atoms with Gasteiger partial charge >= 0.3 is 5.97 Å². The van der Waals surface area contributed by atoms with Gasteiger partial charge < -0.3 is 14.4 Å². The molecule has 35 heavy (non-hydrogen) atoms. The second-order valence-corrected chi connectivity index (χ2v) is 9.43. The molecule has 1 heterocycles. The lowest BCUT2D eigenvalue weighted by atomic mass is 9.88. The number of hydrogen-bond donors (Lipinski definition) is 0. The van der Waals surface area contributed by atoms with Crippen LogP contribution >= 0.6 is 0 Å². The van der Waals surface area contributed by atoms with Gasteiger partial charge in [-0.1, -0.05) is 11.8 Å². The summed E-state index contributed by atoms with van der Waals surface area (Å²) >= 11 is 0. The van der Waals surface area contributed by atoms with E-state index in [0.717, 1.165) is 75.3 Å². The van der Waals surface area contributed by atoms with E-state index in [0.29, 0.717) is 12.1 Å². The standard InChI is InChI=1S/C27H39F2N3O3/c1-5-32(23-10-8-22(9-11-23)30(3)19-26(28)29)25-18-21(17-24(20(25)2)27(33)34-4)7-6-12-31-13-15-35-16-14-31/h17-18,22-23,26H,5,8-16,19H2,1-4H3. The Hall–Kier alpha value is -2.21. The van der Waals surface area contributed by atoms with Crippen LogP contribution in [0, 0.1) is 18.8 Å². The lowest BCUT2D eigenvalue weighted by molar-refractivity contribution is 0.0443. The second kappa shape index (κ2) is 13.2. The van der Waals surface area contributed by atoms with Crippen molar-refractivity contribution in [3.63, 3.8) is 0 Å². The molecule has 1 aromatic rings. The van der Waals surface area contributed by atoms with E-state index in [1.54, 1.807) is 11.9 Å². The number of carbonyl (C=O) groups is 1. The van der Waals surface area contributed by atoms with Gasteiger partial charge in [0.2, 0.25) is 0 Å². The summed E-state index contributed by atoms with van der Waals surface area (Å²) in [5, 5.41) is 0. The van der Waals surface area contributed by atoms with Crippen molar-refractivity contribution in [2.24, 2.45) is 0 Å². The molecule has 0 radical (unpaired) electrons. The van der Waals surface area contributed by atoms with Crippen LogP contribution in [0.1, 0.15) is 54.1 Å². The Morgan fingerprint density at radius 1 is 1.20 bits per heavy atom. The number of hydrogen-bond acceptors (Lipinski definition) is 6. The normalized spacial score (nSPS) is 21.0. The van der Waals surface area contributed by atoms with Crippen molar-refractivity contribution in [1.82, 2.24) is 9.80 Å². The molecule has 0 N–H and O–H groups in total. The number of morpholine rings is 1. The van der Waals surface area contributed by atoms with Crippen LogP contribution in [0.15, 0.2) is 12.1 Å². The number of halogens is 2. The maximum Gasteiger partial charge on any atom is 0.338 e. The van der Waals surface area contributed by atoms with E-state index >= 15 is 0 Å². The summed E-state index contributed by atoms with van der Waals surface area (Å²) in [7, 11) is 3.19. The van der Waals surface area contributed by atoms with E-state index in [9.17, 15) is 13.6 Å². The third-order valence-corrected chi connectivity index (χ3v) is 7.23. The molecule has 1 aliphatic heterocycles. The summed E-state index contributed by atoms with van der Waals surface area (Å²) in [6, 6.07) is 4.37. The first-order valence-corrected chi connectivity index (χ1v) is 12.6. The molecule has 1 saturated heterocycles. The smallest absolute Gasteiger partial charge is 0.338 e. The maximum absolute atomic E-state index is 12.8. The summed E-state index contributed by atoms with van der Waals surface area (Å²) < 4.78 is 36.1. The minimum Gasteiger partial charge on any atom is -0.465 e. The van der Waals surface area contributed by atoms with Crippen molar-refractivity contribution in [1.29, 1.82) is 0 Å². The number of benzene rings is 1. The predicted molar refractivity (Wildman–Crippen MR) is 134 cm³/mol. The van der Waals surface area contributed by atoms with Gasteiger partial charge in [0.15, 0.2) is 0 Å². The maximum atomic E-state index is 12.8. The van der Waals surface area contributed by atoms with E-state index in [1.807, 2.05) is 13.0 Å². The van der Waals surface area contributed by atoms with Gasteiger partial charge in [-0.25, -0.2) is 13.6 Å². The predicted octanol–water partition coefficient (Wildman–Crippen LogP) is 3.80. The second-order valence-electron chi connectivity index (χ2n) is 9.43. The Kier molecular flexibility index (Phi) is 10.3. The van der Waals surface area contributed by atoms with Crippen molar-refractivity contribution in [3.05, 3.63) is 28.8 Å². The zero-order valence-corrected chi connectivity index (χ0v) is 21.5. The summed E-state index contributed by atoms with van der Waals surface area (Å²) in [5.41, 5.74) is 3.21.